The minimum atomic E-state index is -0.531. The molecule has 10 heteroatoms. The molecule has 0 aliphatic heterocycles. The third kappa shape index (κ3) is 3.79. The van der Waals surface area contributed by atoms with E-state index in [-0.39, 0.29) is 10.7 Å². The lowest BCUT2D eigenvalue weighted by atomic mass is 10.2. The second kappa shape index (κ2) is 7.59. The zero-order valence-corrected chi connectivity index (χ0v) is 17.2. The minimum Gasteiger partial charge on any atom is -0.321 e. The number of nitrogens with zero attached hydrogens (tertiary/aromatic N) is 5. The molecule has 0 saturated heterocycles. The van der Waals surface area contributed by atoms with Gasteiger partial charge < -0.3 is 5.32 Å². The largest absolute Gasteiger partial charge is 0.321 e. The molecule has 2 aromatic carbocycles. The summed E-state index contributed by atoms with van der Waals surface area (Å²) in [5.74, 6) is 1.02. The van der Waals surface area contributed by atoms with Gasteiger partial charge in [-0.1, -0.05) is 28.9 Å². The molecule has 0 radical (unpaired) electrons. The van der Waals surface area contributed by atoms with Crippen LogP contribution in [-0.2, 0) is 0 Å². The van der Waals surface area contributed by atoms with Crippen LogP contribution < -0.4 is 5.32 Å². The Morgan fingerprint density at radius 3 is 2.87 bits per heavy atom. The number of halogens is 2. The standard InChI is InChI=1S/C21H17ClFN7O/c1-11-18(26-29-30(11)15-7-8-17(23)16(22)10-15)21(31)24-14-4-2-3-13(9-14)20-25-19(27-28-20)12-5-6-12/h2-4,7-10,12H,5-6H2,1H3,(H,24,31)(H,25,27,28). The Morgan fingerprint density at radius 2 is 2.10 bits per heavy atom. The summed E-state index contributed by atoms with van der Waals surface area (Å²) in [4.78, 5) is 17.3. The van der Waals surface area contributed by atoms with E-state index in [9.17, 15) is 9.18 Å². The lowest BCUT2D eigenvalue weighted by Crippen LogP contribution is -2.14. The number of carbonyl (C=O) groups is 1. The maximum Gasteiger partial charge on any atom is 0.278 e. The smallest absolute Gasteiger partial charge is 0.278 e. The number of amides is 1. The van der Waals surface area contributed by atoms with E-state index in [1.165, 1.54) is 22.9 Å². The Kier molecular flexibility index (Phi) is 4.74. The molecule has 1 aliphatic rings. The first-order valence-electron chi connectivity index (χ1n) is 9.71. The van der Waals surface area contributed by atoms with Gasteiger partial charge >= 0.3 is 0 Å². The molecule has 2 N–H and O–H groups in total. The minimum absolute atomic E-state index is 0.0352. The Morgan fingerprint density at radius 1 is 1.26 bits per heavy atom. The molecule has 2 heterocycles. The second-order valence-corrected chi connectivity index (χ2v) is 7.79. The molecule has 0 spiro atoms. The molecule has 1 saturated carbocycles. The molecule has 31 heavy (non-hydrogen) atoms. The van der Waals surface area contributed by atoms with Crippen molar-refractivity contribution in [1.82, 2.24) is 30.2 Å². The molecular weight excluding hydrogens is 421 g/mol. The number of benzene rings is 2. The molecule has 1 aliphatic carbocycles. The maximum absolute atomic E-state index is 13.4. The van der Waals surface area contributed by atoms with Crippen molar-refractivity contribution >= 4 is 23.2 Å². The van der Waals surface area contributed by atoms with Crippen LogP contribution in [0.4, 0.5) is 10.1 Å². The van der Waals surface area contributed by atoms with Gasteiger partial charge in [0.25, 0.3) is 5.91 Å². The fourth-order valence-electron chi connectivity index (χ4n) is 3.27. The number of hydrogen-bond donors (Lipinski definition) is 2. The van der Waals surface area contributed by atoms with E-state index in [1.54, 1.807) is 19.1 Å². The average Bonchev–Trinajstić information content (AvgIpc) is 3.36. The van der Waals surface area contributed by atoms with E-state index in [0.717, 1.165) is 24.2 Å². The number of nitrogens with one attached hydrogen (secondary N) is 2. The number of rotatable bonds is 5. The van der Waals surface area contributed by atoms with Gasteiger partial charge in [0.05, 0.1) is 16.4 Å². The fraction of sp³-hybridized carbons (Fsp3) is 0.190. The summed E-state index contributed by atoms with van der Waals surface area (Å²) in [6.45, 7) is 1.70. The third-order valence-corrected chi connectivity index (χ3v) is 5.39. The Bertz CT molecular complexity index is 1290. The van der Waals surface area contributed by atoms with Crippen molar-refractivity contribution in [3.63, 3.8) is 0 Å². The topological polar surface area (TPSA) is 101 Å². The summed E-state index contributed by atoms with van der Waals surface area (Å²) in [6.07, 6.45) is 2.27. The lowest BCUT2D eigenvalue weighted by molar-refractivity contribution is 0.102. The molecule has 2 aromatic heterocycles. The van der Waals surface area contributed by atoms with Crippen molar-refractivity contribution in [3.05, 3.63) is 70.5 Å². The van der Waals surface area contributed by atoms with Gasteiger partial charge in [-0.05, 0) is 50.1 Å². The van der Waals surface area contributed by atoms with E-state index in [2.05, 4.69) is 30.8 Å². The van der Waals surface area contributed by atoms with Gasteiger partial charge in [0.1, 0.15) is 11.6 Å². The Hall–Kier alpha value is -3.59. The predicted molar refractivity (Wildman–Crippen MR) is 113 cm³/mol. The molecule has 1 amide bonds. The van der Waals surface area contributed by atoms with Crippen LogP contribution in [0.2, 0.25) is 5.02 Å². The highest BCUT2D eigenvalue weighted by molar-refractivity contribution is 6.30. The molecule has 0 unspecified atom stereocenters. The first-order valence-corrected chi connectivity index (χ1v) is 10.1. The van der Waals surface area contributed by atoms with Crippen LogP contribution in [0, 0.1) is 12.7 Å². The summed E-state index contributed by atoms with van der Waals surface area (Å²) in [5, 5.41) is 18.1. The molecule has 156 valence electrons. The molecule has 0 atom stereocenters. The molecule has 0 bridgehead atoms. The van der Waals surface area contributed by atoms with E-state index < -0.39 is 11.7 Å². The number of anilines is 1. The van der Waals surface area contributed by atoms with Crippen LogP contribution >= 0.6 is 11.6 Å². The van der Waals surface area contributed by atoms with Gasteiger partial charge in [-0.15, -0.1) is 5.10 Å². The van der Waals surface area contributed by atoms with Crippen LogP contribution in [0.25, 0.3) is 17.1 Å². The quantitative estimate of drug-likeness (QED) is 0.485. The van der Waals surface area contributed by atoms with E-state index in [0.29, 0.717) is 28.8 Å². The summed E-state index contributed by atoms with van der Waals surface area (Å²) >= 11 is 5.85. The van der Waals surface area contributed by atoms with Crippen LogP contribution in [-0.4, -0.2) is 36.1 Å². The fourth-order valence-corrected chi connectivity index (χ4v) is 3.44. The van der Waals surface area contributed by atoms with Crippen molar-refractivity contribution < 1.29 is 9.18 Å². The van der Waals surface area contributed by atoms with Crippen LogP contribution in [0.1, 0.15) is 40.8 Å². The number of aromatic nitrogens is 6. The number of carbonyl (C=O) groups excluding carboxylic acids is 1. The van der Waals surface area contributed by atoms with E-state index in [4.69, 9.17) is 11.6 Å². The third-order valence-electron chi connectivity index (χ3n) is 5.10. The normalized spacial score (nSPS) is 13.4. The Balaban J connectivity index is 1.36. The van der Waals surface area contributed by atoms with Gasteiger partial charge in [-0.3, -0.25) is 9.89 Å². The van der Waals surface area contributed by atoms with Gasteiger partial charge in [0.15, 0.2) is 11.5 Å². The van der Waals surface area contributed by atoms with E-state index in [1.807, 2.05) is 12.1 Å². The maximum atomic E-state index is 13.4. The summed E-state index contributed by atoms with van der Waals surface area (Å²) < 4.78 is 14.9. The predicted octanol–water partition coefficient (Wildman–Crippen LogP) is 4.28. The van der Waals surface area contributed by atoms with Crippen molar-refractivity contribution in [2.45, 2.75) is 25.7 Å². The lowest BCUT2D eigenvalue weighted by Gasteiger charge is -2.06. The van der Waals surface area contributed by atoms with Gasteiger partial charge in [-0.25, -0.2) is 14.1 Å². The van der Waals surface area contributed by atoms with Crippen molar-refractivity contribution in [1.29, 1.82) is 0 Å². The summed E-state index contributed by atoms with van der Waals surface area (Å²) in [6, 6.07) is 11.5. The van der Waals surface area contributed by atoms with Crippen LogP contribution in [0.15, 0.2) is 42.5 Å². The Labute approximate surface area is 181 Å². The van der Waals surface area contributed by atoms with Gasteiger partial charge in [0.2, 0.25) is 0 Å². The SMILES string of the molecule is Cc1c(C(=O)Nc2cccc(-c3n[nH]c(C4CC4)n3)c2)nnn1-c1ccc(F)c(Cl)c1. The first kappa shape index (κ1) is 19.4. The van der Waals surface area contributed by atoms with Crippen molar-refractivity contribution in [3.8, 4) is 17.1 Å². The average molecular weight is 438 g/mol. The second-order valence-electron chi connectivity index (χ2n) is 7.39. The molecule has 5 rings (SSSR count). The number of aromatic amines is 1. The number of H-pyrrole nitrogens is 1. The highest BCUT2D eigenvalue weighted by atomic mass is 35.5. The van der Waals surface area contributed by atoms with Crippen LogP contribution in [0.3, 0.4) is 0 Å². The highest BCUT2D eigenvalue weighted by Gasteiger charge is 2.27. The highest BCUT2D eigenvalue weighted by Crippen LogP contribution is 2.38. The zero-order valence-electron chi connectivity index (χ0n) is 16.4. The zero-order chi connectivity index (χ0) is 21.5. The van der Waals surface area contributed by atoms with Crippen molar-refractivity contribution in [2.24, 2.45) is 0 Å². The molecular formula is C21H17ClFN7O. The number of hydrogen-bond acceptors (Lipinski definition) is 5. The monoisotopic (exact) mass is 437 g/mol. The van der Waals surface area contributed by atoms with Gasteiger partial charge in [-0.2, -0.15) is 5.10 Å². The van der Waals surface area contributed by atoms with Crippen molar-refractivity contribution in [2.75, 3.05) is 5.32 Å². The van der Waals surface area contributed by atoms with Gasteiger partial charge in [0, 0.05) is 17.2 Å². The first-order chi connectivity index (χ1) is 15.0. The van der Waals surface area contributed by atoms with Crippen LogP contribution in [0.5, 0.6) is 0 Å². The molecule has 8 nitrogen and oxygen atoms in total. The summed E-state index contributed by atoms with van der Waals surface area (Å²) in [5.41, 5.74) is 2.54. The summed E-state index contributed by atoms with van der Waals surface area (Å²) in [7, 11) is 0. The molecule has 1 fully saturated rings. The molecule has 4 aromatic rings. The van der Waals surface area contributed by atoms with E-state index >= 15 is 0 Å².